The van der Waals surface area contributed by atoms with Crippen LogP contribution >= 0.6 is 0 Å². The first-order valence-electron chi connectivity index (χ1n) is 6.70. The molecule has 1 amide bonds. The van der Waals surface area contributed by atoms with Gasteiger partial charge in [0.1, 0.15) is 5.69 Å². The molecule has 19 heavy (non-hydrogen) atoms. The molecule has 1 aromatic heterocycles. The van der Waals surface area contributed by atoms with Crippen molar-refractivity contribution in [3.63, 3.8) is 0 Å². The summed E-state index contributed by atoms with van der Waals surface area (Å²) < 4.78 is 6.84. The second-order valence-corrected chi connectivity index (χ2v) is 4.82. The van der Waals surface area contributed by atoms with Crippen LogP contribution in [0.25, 0.3) is 0 Å². The monoisotopic (exact) mass is 264 g/mol. The Hall–Kier alpha value is -1.78. The Balaban J connectivity index is 1.92. The molecular formula is C14H20N2O3. The van der Waals surface area contributed by atoms with Gasteiger partial charge in [0.2, 0.25) is 0 Å². The minimum Gasteiger partial charge on any atom is -0.466 e. The standard InChI is InChI=1S/C14H20N2O3/c1-3-19-14(18)11-6-9-16(10-7-11)13(17)12-5-4-8-15(12)2/h4-5,8,11H,3,6-7,9-10H2,1-2H3. The van der Waals surface area contributed by atoms with E-state index in [1.54, 1.807) is 0 Å². The molecule has 0 N–H and O–H groups in total. The summed E-state index contributed by atoms with van der Waals surface area (Å²) in [7, 11) is 1.86. The van der Waals surface area contributed by atoms with Gasteiger partial charge in [-0.15, -0.1) is 0 Å². The number of nitrogens with zero attached hydrogens (tertiary/aromatic N) is 2. The SMILES string of the molecule is CCOC(=O)C1CCN(C(=O)c2cccn2C)CC1. The van der Waals surface area contributed by atoms with Crippen LogP contribution in [0.1, 0.15) is 30.3 Å². The van der Waals surface area contributed by atoms with Crippen molar-refractivity contribution in [2.75, 3.05) is 19.7 Å². The number of ether oxygens (including phenoxy) is 1. The lowest BCUT2D eigenvalue weighted by Gasteiger charge is -2.30. The fraction of sp³-hybridized carbons (Fsp3) is 0.571. The lowest BCUT2D eigenvalue weighted by Crippen LogP contribution is -2.41. The third kappa shape index (κ3) is 2.97. The van der Waals surface area contributed by atoms with Gasteiger partial charge < -0.3 is 14.2 Å². The molecule has 0 aliphatic carbocycles. The maximum absolute atomic E-state index is 12.3. The highest BCUT2D eigenvalue weighted by Gasteiger charge is 2.29. The highest BCUT2D eigenvalue weighted by atomic mass is 16.5. The molecule has 1 fully saturated rings. The number of rotatable bonds is 3. The molecule has 5 nitrogen and oxygen atoms in total. The van der Waals surface area contributed by atoms with Crippen LogP contribution in [-0.2, 0) is 16.6 Å². The normalized spacial score (nSPS) is 16.4. The van der Waals surface area contributed by atoms with Gasteiger partial charge in [0.05, 0.1) is 12.5 Å². The van der Waals surface area contributed by atoms with Crippen molar-refractivity contribution in [2.45, 2.75) is 19.8 Å². The van der Waals surface area contributed by atoms with Crippen LogP contribution in [0.5, 0.6) is 0 Å². The summed E-state index contributed by atoms with van der Waals surface area (Å²) in [6.45, 7) is 3.47. The summed E-state index contributed by atoms with van der Waals surface area (Å²) in [5.74, 6) is -0.152. The number of amides is 1. The van der Waals surface area contributed by atoms with E-state index in [9.17, 15) is 9.59 Å². The molecule has 104 valence electrons. The van der Waals surface area contributed by atoms with Gasteiger partial charge in [0, 0.05) is 26.3 Å². The van der Waals surface area contributed by atoms with Crippen molar-refractivity contribution >= 4 is 11.9 Å². The van der Waals surface area contributed by atoms with Crippen LogP contribution in [0.2, 0.25) is 0 Å². The quantitative estimate of drug-likeness (QED) is 0.776. The van der Waals surface area contributed by atoms with E-state index in [0.29, 0.717) is 38.2 Å². The lowest BCUT2D eigenvalue weighted by molar-refractivity contribution is -0.149. The smallest absolute Gasteiger partial charge is 0.309 e. The molecule has 1 aliphatic rings. The van der Waals surface area contributed by atoms with Crippen LogP contribution in [0.4, 0.5) is 0 Å². The first kappa shape index (κ1) is 13.6. The van der Waals surface area contributed by atoms with Crippen molar-refractivity contribution in [1.29, 1.82) is 0 Å². The number of aryl methyl sites for hydroxylation is 1. The van der Waals surface area contributed by atoms with Crippen molar-refractivity contribution < 1.29 is 14.3 Å². The second-order valence-electron chi connectivity index (χ2n) is 4.82. The zero-order valence-electron chi connectivity index (χ0n) is 11.5. The van der Waals surface area contributed by atoms with Gasteiger partial charge in [-0.3, -0.25) is 9.59 Å². The van der Waals surface area contributed by atoms with Crippen molar-refractivity contribution in [2.24, 2.45) is 13.0 Å². The highest BCUT2D eigenvalue weighted by molar-refractivity contribution is 5.93. The summed E-state index contributed by atoms with van der Waals surface area (Å²) in [6.07, 6.45) is 3.24. The zero-order valence-corrected chi connectivity index (χ0v) is 11.5. The van der Waals surface area contributed by atoms with Gasteiger partial charge >= 0.3 is 5.97 Å². The maximum atomic E-state index is 12.3. The molecule has 0 aromatic carbocycles. The van der Waals surface area contributed by atoms with Gasteiger partial charge in [-0.1, -0.05) is 0 Å². The molecule has 0 spiro atoms. The Labute approximate surface area is 113 Å². The molecule has 2 heterocycles. The Bertz CT molecular complexity index is 459. The fourth-order valence-electron chi connectivity index (χ4n) is 2.42. The molecule has 0 saturated carbocycles. The largest absolute Gasteiger partial charge is 0.466 e. The Morgan fingerprint density at radius 2 is 2.05 bits per heavy atom. The van der Waals surface area contributed by atoms with Crippen molar-refractivity contribution in [1.82, 2.24) is 9.47 Å². The molecule has 1 aromatic rings. The van der Waals surface area contributed by atoms with Crippen LogP contribution in [0, 0.1) is 5.92 Å². The van der Waals surface area contributed by atoms with Gasteiger partial charge in [0.25, 0.3) is 5.91 Å². The second kappa shape index (κ2) is 5.91. The van der Waals surface area contributed by atoms with E-state index in [-0.39, 0.29) is 17.8 Å². The average Bonchev–Trinajstić information content (AvgIpc) is 2.84. The minimum atomic E-state index is -0.131. The summed E-state index contributed by atoms with van der Waals surface area (Å²) in [6, 6.07) is 3.68. The zero-order chi connectivity index (χ0) is 13.8. The number of likely N-dealkylation sites (tertiary alicyclic amines) is 1. The first-order valence-corrected chi connectivity index (χ1v) is 6.70. The van der Waals surface area contributed by atoms with E-state index >= 15 is 0 Å². The fourth-order valence-corrected chi connectivity index (χ4v) is 2.42. The number of esters is 1. The predicted molar refractivity (Wildman–Crippen MR) is 70.7 cm³/mol. The molecule has 2 rings (SSSR count). The van der Waals surface area contributed by atoms with Crippen LogP contribution in [0.15, 0.2) is 18.3 Å². The minimum absolute atomic E-state index is 0.0369. The number of hydrogen-bond acceptors (Lipinski definition) is 3. The summed E-state index contributed by atoms with van der Waals surface area (Å²) in [5, 5.41) is 0. The molecule has 0 atom stereocenters. The van der Waals surface area contributed by atoms with Crippen LogP contribution in [0.3, 0.4) is 0 Å². The third-order valence-electron chi connectivity index (χ3n) is 3.56. The Morgan fingerprint density at radius 3 is 2.58 bits per heavy atom. The third-order valence-corrected chi connectivity index (χ3v) is 3.56. The summed E-state index contributed by atoms with van der Waals surface area (Å²) >= 11 is 0. The van der Waals surface area contributed by atoms with E-state index in [1.807, 2.05) is 41.8 Å². The van der Waals surface area contributed by atoms with E-state index in [1.165, 1.54) is 0 Å². The number of carbonyl (C=O) groups is 2. The Morgan fingerprint density at radius 1 is 1.37 bits per heavy atom. The number of hydrogen-bond donors (Lipinski definition) is 0. The topological polar surface area (TPSA) is 51.5 Å². The summed E-state index contributed by atoms with van der Waals surface area (Å²) in [4.78, 5) is 25.7. The maximum Gasteiger partial charge on any atom is 0.309 e. The number of carbonyl (C=O) groups excluding carboxylic acids is 2. The van der Waals surface area contributed by atoms with Crippen molar-refractivity contribution in [3.8, 4) is 0 Å². The van der Waals surface area contributed by atoms with Crippen LogP contribution in [-0.4, -0.2) is 41.0 Å². The Kier molecular flexibility index (Phi) is 4.24. The van der Waals surface area contributed by atoms with E-state index in [0.717, 1.165) is 0 Å². The molecule has 0 unspecified atom stereocenters. The number of aromatic nitrogens is 1. The van der Waals surface area contributed by atoms with Gasteiger partial charge in [-0.05, 0) is 31.9 Å². The van der Waals surface area contributed by atoms with Gasteiger partial charge in [0.15, 0.2) is 0 Å². The first-order chi connectivity index (χ1) is 9.13. The van der Waals surface area contributed by atoms with E-state index < -0.39 is 0 Å². The molecule has 0 bridgehead atoms. The average molecular weight is 264 g/mol. The molecule has 1 saturated heterocycles. The number of piperidine rings is 1. The molecular weight excluding hydrogens is 244 g/mol. The van der Waals surface area contributed by atoms with E-state index in [2.05, 4.69) is 0 Å². The molecule has 1 aliphatic heterocycles. The van der Waals surface area contributed by atoms with Gasteiger partial charge in [-0.2, -0.15) is 0 Å². The lowest BCUT2D eigenvalue weighted by atomic mass is 9.97. The molecule has 0 radical (unpaired) electrons. The molecule has 5 heteroatoms. The van der Waals surface area contributed by atoms with Gasteiger partial charge in [-0.25, -0.2) is 0 Å². The van der Waals surface area contributed by atoms with E-state index in [4.69, 9.17) is 4.74 Å². The van der Waals surface area contributed by atoms with Crippen LogP contribution < -0.4 is 0 Å². The van der Waals surface area contributed by atoms with Crippen molar-refractivity contribution in [3.05, 3.63) is 24.0 Å². The predicted octanol–water partition coefficient (Wildman–Crippen LogP) is 1.44. The highest BCUT2D eigenvalue weighted by Crippen LogP contribution is 2.20. The summed E-state index contributed by atoms with van der Waals surface area (Å²) in [5.41, 5.74) is 0.689.